The largest absolute Gasteiger partial charge is 0.381 e. The molecule has 0 aromatic heterocycles. The molecule has 14 heavy (non-hydrogen) atoms. The number of ketones is 2. The Morgan fingerprint density at radius 2 is 2.07 bits per heavy atom. The number of ether oxygens (including phenoxy) is 1. The fourth-order valence-electron chi connectivity index (χ4n) is 1.49. The van der Waals surface area contributed by atoms with Crippen molar-refractivity contribution in [2.24, 2.45) is 5.92 Å². The lowest BCUT2D eigenvalue weighted by Gasteiger charge is -2.23. The third-order valence-electron chi connectivity index (χ3n) is 2.66. The van der Waals surface area contributed by atoms with Crippen LogP contribution in [0.1, 0.15) is 39.0 Å². The van der Waals surface area contributed by atoms with E-state index in [1.165, 1.54) is 0 Å². The van der Waals surface area contributed by atoms with Gasteiger partial charge in [0.1, 0.15) is 11.6 Å². The van der Waals surface area contributed by atoms with Crippen LogP contribution in [-0.4, -0.2) is 24.8 Å². The van der Waals surface area contributed by atoms with Crippen LogP contribution in [0.3, 0.4) is 0 Å². The zero-order valence-electron chi connectivity index (χ0n) is 8.75. The summed E-state index contributed by atoms with van der Waals surface area (Å²) in [6, 6.07) is 0. The molecule has 1 rings (SSSR count). The predicted molar refractivity (Wildman–Crippen MR) is 53.1 cm³/mol. The molecule has 0 amide bonds. The molecule has 0 radical (unpaired) electrons. The lowest BCUT2D eigenvalue weighted by molar-refractivity contribution is -0.131. The average molecular weight is 198 g/mol. The van der Waals surface area contributed by atoms with Gasteiger partial charge in [-0.25, -0.2) is 0 Å². The molecule has 1 fully saturated rings. The molecule has 0 heterocycles. The SMILES string of the molecule is CCOCCC(=O)CC(=O)C1CCC1. The van der Waals surface area contributed by atoms with Crippen molar-refractivity contribution < 1.29 is 14.3 Å². The molecule has 0 unspecified atom stereocenters. The Labute approximate surface area is 84.8 Å². The third-order valence-corrected chi connectivity index (χ3v) is 2.66. The van der Waals surface area contributed by atoms with E-state index in [1.807, 2.05) is 6.92 Å². The van der Waals surface area contributed by atoms with Gasteiger partial charge in [0, 0.05) is 18.9 Å². The Bertz CT molecular complexity index is 207. The zero-order chi connectivity index (χ0) is 10.4. The van der Waals surface area contributed by atoms with Crippen LogP contribution in [0.4, 0.5) is 0 Å². The molecule has 0 aliphatic heterocycles. The third kappa shape index (κ3) is 3.58. The number of Topliss-reactive ketones (excluding diaryl/α,β-unsaturated/α-hetero) is 2. The van der Waals surface area contributed by atoms with Crippen molar-refractivity contribution in [3.05, 3.63) is 0 Å². The van der Waals surface area contributed by atoms with Crippen molar-refractivity contribution in [1.29, 1.82) is 0 Å². The fraction of sp³-hybridized carbons (Fsp3) is 0.818. The highest BCUT2D eigenvalue weighted by molar-refractivity contribution is 6.00. The Balaban J connectivity index is 2.09. The van der Waals surface area contributed by atoms with E-state index >= 15 is 0 Å². The van der Waals surface area contributed by atoms with Crippen molar-refractivity contribution in [2.75, 3.05) is 13.2 Å². The Kier molecular flexibility index (Phi) is 4.80. The molecule has 3 heteroatoms. The van der Waals surface area contributed by atoms with Gasteiger partial charge in [0.05, 0.1) is 13.0 Å². The minimum Gasteiger partial charge on any atom is -0.381 e. The van der Waals surface area contributed by atoms with Gasteiger partial charge in [-0.05, 0) is 19.8 Å². The summed E-state index contributed by atoms with van der Waals surface area (Å²) in [7, 11) is 0. The predicted octanol–water partition coefficient (Wildman–Crippen LogP) is 1.74. The molecule has 80 valence electrons. The van der Waals surface area contributed by atoms with Crippen LogP contribution in [0.15, 0.2) is 0 Å². The number of carbonyl (C=O) groups is 2. The highest BCUT2D eigenvalue weighted by atomic mass is 16.5. The molecule has 0 atom stereocenters. The molecule has 1 aliphatic rings. The molecule has 0 spiro atoms. The molecule has 0 bridgehead atoms. The van der Waals surface area contributed by atoms with Gasteiger partial charge >= 0.3 is 0 Å². The molecule has 0 saturated heterocycles. The van der Waals surface area contributed by atoms with E-state index in [2.05, 4.69) is 0 Å². The van der Waals surface area contributed by atoms with E-state index < -0.39 is 0 Å². The van der Waals surface area contributed by atoms with E-state index in [4.69, 9.17) is 4.74 Å². The second-order valence-corrected chi connectivity index (χ2v) is 3.76. The number of rotatable bonds is 7. The average Bonchev–Trinajstić information content (AvgIpc) is 2.00. The molecule has 0 aromatic carbocycles. The maximum atomic E-state index is 11.4. The van der Waals surface area contributed by atoms with Gasteiger partial charge in [-0.1, -0.05) is 6.42 Å². The quantitative estimate of drug-likeness (QED) is 0.462. The van der Waals surface area contributed by atoms with Crippen LogP contribution in [-0.2, 0) is 14.3 Å². The maximum absolute atomic E-state index is 11.4. The van der Waals surface area contributed by atoms with Gasteiger partial charge in [-0.15, -0.1) is 0 Å². The monoisotopic (exact) mass is 198 g/mol. The second kappa shape index (κ2) is 5.91. The molecular weight excluding hydrogens is 180 g/mol. The number of hydrogen-bond acceptors (Lipinski definition) is 3. The van der Waals surface area contributed by atoms with E-state index in [0.29, 0.717) is 19.6 Å². The highest BCUT2D eigenvalue weighted by Crippen LogP contribution is 2.28. The minimum atomic E-state index is 0.0235. The summed E-state index contributed by atoms with van der Waals surface area (Å²) in [5.41, 5.74) is 0. The summed E-state index contributed by atoms with van der Waals surface area (Å²) in [4.78, 5) is 22.7. The first-order chi connectivity index (χ1) is 6.74. The zero-order valence-corrected chi connectivity index (χ0v) is 8.75. The first-order valence-electron chi connectivity index (χ1n) is 5.36. The van der Waals surface area contributed by atoms with Crippen LogP contribution in [0, 0.1) is 5.92 Å². The van der Waals surface area contributed by atoms with Crippen LogP contribution in [0.5, 0.6) is 0 Å². The summed E-state index contributed by atoms with van der Waals surface area (Å²) >= 11 is 0. The summed E-state index contributed by atoms with van der Waals surface area (Å²) in [6.45, 7) is 2.97. The van der Waals surface area contributed by atoms with Crippen LogP contribution in [0.25, 0.3) is 0 Å². The lowest BCUT2D eigenvalue weighted by atomic mass is 9.80. The normalized spacial score (nSPS) is 16.4. The van der Waals surface area contributed by atoms with Crippen molar-refractivity contribution in [3.63, 3.8) is 0 Å². The van der Waals surface area contributed by atoms with Crippen molar-refractivity contribution in [1.82, 2.24) is 0 Å². The summed E-state index contributed by atoms with van der Waals surface area (Å²) in [6.07, 6.45) is 3.61. The second-order valence-electron chi connectivity index (χ2n) is 3.76. The first kappa shape index (κ1) is 11.4. The standard InChI is InChI=1S/C11H18O3/c1-2-14-7-6-10(12)8-11(13)9-4-3-5-9/h9H,2-8H2,1H3. The Morgan fingerprint density at radius 3 is 2.57 bits per heavy atom. The lowest BCUT2D eigenvalue weighted by Crippen LogP contribution is -2.24. The molecule has 1 aliphatic carbocycles. The number of hydrogen-bond donors (Lipinski definition) is 0. The molecule has 0 aromatic rings. The van der Waals surface area contributed by atoms with Gasteiger partial charge < -0.3 is 4.74 Å². The van der Waals surface area contributed by atoms with E-state index in [1.54, 1.807) is 0 Å². The summed E-state index contributed by atoms with van der Waals surface area (Å²) in [5, 5.41) is 0. The summed E-state index contributed by atoms with van der Waals surface area (Å²) < 4.78 is 5.05. The van der Waals surface area contributed by atoms with Gasteiger partial charge in [0.2, 0.25) is 0 Å². The highest BCUT2D eigenvalue weighted by Gasteiger charge is 2.26. The van der Waals surface area contributed by atoms with E-state index in [-0.39, 0.29) is 23.9 Å². The molecule has 3 nitrogen and oxygen atoms in total. The molecule has 0 N–H and O–H groups in total. The molecular formula is C11H18O3. The first-order valence-corrected chi connectivity index (χ1v) is 5.36. The molecule has 1 saturated carbocycles. The topological polar surface area (TPSA) is 43.4 Å². The van der Waals surface area contributed by atoms with Crippen molar-refractivity contribution in [3.8, 4) is 0 Å². The van der Waals surface area contributed by atoms with Crippen LogP contribution < -0.4 is 0 Å². The van der Waals surface area contributed by atoms with Gasteiger partial charge in [-0.2, -0.15) is 0 Å². The van der Waals surface area contributed by atoms with Crippen molar-refractivity contribution in [2.45, 2.75) is 39.0 Å². The number of carbonyl (C=O) groups excluding carboxylic acids is 2. The minimum absolute atomic E-state index is 0.0235. The van der Waals surface area contributed by atoms with Gasteiger partial charge in [0.25, 0.3) is 0 Å². The van der Waals surface area contributed by atoms with Crippen LogP contribution >= 0.6 is 0 Å². The Morgan fingerprint density at radius 1 is 1.36 bits per heavy atom. The van der Waals surface area contributed by atoms with E-state index in [0.717, 1.165) is 19.3 Å². The van der Waals surface area contributed by atoms with Gasteiger partial charge in [-0.3, -0.25) is 9.59 Å². The maximum Gasteiger partial charge on any atom is 0.143 e. The van der Waals surface area contributed by atoms with Gasteiger partial charge in [0.15, 0.2) is 0 Å². The van der Waals surface area contributed by atoms with E-state index in [9.17, 15) is 9.59 Å². The van der Waals surface area contributed by atoms with Crippen molar-refractivity contribution >= 4 is 11.6 Å². The fourth-order valence-corrected chi connectivity index (χ4v) is 1.49. The summed E-state index contributed by atoms with van der Waals surface area (Å²) in [5.74, 6) is 0.346. The smallest absolute Gasteiger partial charge is 0.143 e. The Hall–Kier alpha value is -0.700. The van der Waals surface area contributed by atoms with Crippen LogP contribution in [0.2, 0.25) is 0 Å².